The first-order valence-electron chi connectivity index (χ1n) is 12.8. The van der Waals surface area contributed by atoms with Crippen molar-refractivity contribution in [2.45, 2.75) is 65.3 Å². The highest BCUT2D eigenvalue weighted by Gasteiger charge is 2.29. The molecule has 0 unspecified atom stereocenters. The average molecular weight is 467 g/mol. The zero-order valence-corrected chi connectivity index (χ0v) is 20.9. The van der Waals surface area contributed by atoms with Crippen molar-refractivity contribution in [3.63, 3.8) is 0 Å². The SMILES string of the molecule is CC(C)CC(=O)N1CCCN(C)CCN(C(=O)c2noc3c2CCCCC3)Cc2ccccc21. The summed E-state index contributed by atoms with van der Waals surface area (Å²) in [5, 5.41) is 4.24. The highest BCUT2D eigenvalue weighted by molar-refractivity contribution is 5.95. The van der Waals surface area contributed by atoms with Gasteiger partial charge in [0.15, 0.2) is 5.69 Å². The molecule has 7 heteroatoms. The summed E-state index contributed by atoms with van der Waals surface area (Å²) in [7, 11) is 2.08. The first kappa shape index (κ1) is 24.5. The van der Waals surface area contributed by atoms with E-state index in [1.807, 2.05) is 34.1 Å². The van der Waals surface area contributed by atoms with Crippen molar-refractivity contribution < 1.29 is 14.1 Å². The number of aromatic nitrogens is 1. The Morgan fingerprint density at radius 3 is 2.62 bits per heavy atom. The maximum Gasteiger partial charge on any atom is 0.276 e. The summed E-state index contributed by atoms with van der Waals surface area (Å²) in [6.07, 6.45) is 6.40. The van der Waals surface area contributed by atoms with E-state index in [1.165, 1.54) is 0 Å². The van der Waals surface area contributed by atoms with Gasteiger partial charge in [-0.05, 0) is 56.8 Å². The van der Waals surface area contributed by atoms with E-state index in [0.717, 1.165) is 74.2 Å². The number of hydrogen-bond donors (Lipinski definition) is 0. The molecule has 0 bridgehead atoms. The summed E-state index contributed by atoms with van der Waals surface area (Å²) >= 11 is 0. The fourth-order valence-electron chi connectivity index (χ4n) is 4.99. The van der Waals surface area contributed by atoms with E-state index in [1.54, 1.807) is 0 Å². The molecule has 7 nitrogen and oxygen atoms in total. The second kappa shape index (κ2) is 11.2. The predicted molar refractivity (Wildman–Crippen MR) is 133 cm³/mol. The molecule has 4 rings (SSSR count). The van der Waals surface area contributed by atoms with Crippen LogP contribution in [0.3, 0.4) is 0 Å². The van der Waals surface area contributed by atoms with Crippen LogP contribution in [0, 0.1) is 5.92 Å². The number of carbonyl (C=O) groups excluding carboxylic acids is 2. The number of benzene rings is 1. The third kappa shape index (κ3) is 5.69. The molecule has 34 heavy (non-hydrogen) atoms. The second-order valence-electron chi connectivity index (χ2n) is 10.1. The molecule has 2 aromatic rings. The molecule has 1 aliphatic carbocycles. The fraction of sp³-hybridized carbons (Fsp3) is 0.593. The van der Waals surface area contributed by atoms with E-state index < -0.39 is 0 Å². The maximum atomic E-state index is 13.8. The monoisotopic (exact) mass is 466 g/mol. The number of nitrogens with zero attached hydrogens (tertiary/aromatic N) is 4. The molecule has 2 amide bonds. The quantitative estimate of drug-likeness (QED) is 0.631. The molecule has 0 N–H and O–H groups in total. The largest absolute Gasteiger partial charge is 0.360 e. The van der Waals surface area contributed by atoms with Crippen molar-refractivity contribution >= 4 is 17.5 Å². The number of carbonyl (C=O) groups is 2. The minimum absolute atomic E-state index is 0.0746. The van der Waals surface area contributed by atoms with Gasteiger partial charge in [0.2, 0.25) is 5.91 Å². The summed E-state index contributed by atoms with van der Waals surface area (Å²) in [4.78, 5) is 33.0. The lowest BCUT2D eigenvalue weighted by atomic mass is 10.1. The Morgan fingerprint density at radius 1 is 1.00 bits per heavy atom. The van der Waals surface area contributed by atoms with Gasteiger partial charge in [-0.15, -0.1) is 0 Å². The lowest BCUT2D eigenvalue weighted by molar-refractivity contribution is -0.119. The third-order valence-corrected chi connectivity index (χ3v) is 6.89. The Morgan fingerprint density at radius 2 is 1.79 bits per heavy atom. The van der Waals surface area contributed by atoms with Crippen LogP contribution in [0.4, 0.5) is 5.69 Å². The Kier molecular flexibility index (Phi) is 8.03. The van der Waals surface area contributed by atoms with Gasteiger partial charge in [-0.1, -0.05) is 43.6 Å². The van der Waals surface area contributed by atoms with Gasteiger partial charge in [0.05, 0.1) is 0 Å². The molecular weight excluding hydrogens is 428 g/mol. The van der Waals surface area contributed by atoms with E-state index in [0.29, 0.717) is 37.7 Å². The lowest BCUT2D eigenvalue weighted by Crippen LogP contribution is -2.38. The number of anilines is 1. The Hall–Kier alpha value is -2.67. The smallest absolute Gasteiger partial charge is 0.276 e. The molecule has 1 aliphatic heterocycles. The topological polar surface area (TPSA) is 69.9 Å². The Labute approximate surface area is 203 Å². The Balaban J connectivity index is 1.67. The van der Waals surface area contributed by atoms with Crippen molar-refractivity contribution in [2.24, 2.45) is 5.92 Å². The number of amides is 2. The minimum Gasteiger partial charge on any atom is -0.360 e. The summed E-state index contributed by atoms with van der Waals surface area (Å²) in [5.74, 6) is 1.24. The Bertz CT molecular complexity index is 1000. The van der Waals surface area contributed by atoms with Crippen LogP contribution in [0.1, 0.15) is 73.3 Å². The molecule has 1 aromatic heterocycles. The highest BCUT2D eigenvalue weighted by Crippen LogP contribution is 2.28. The standard InChI is InChI=1S/C27H38N4O3/c1-20(2)18-25(32)31-15-9-14-29(3)16-17-30(19-21-10-7-8-12-23(21)31)27(33)26-22-11-5-4-6-13-24(22)34-28-26/h7-8,10,12,20H,4-6,9,11,13-19H2,1-3H3. The maximum absolute atomic E-state index is 13.8. The van der Waals surface area contributed by atoms with Crippen LogP contribution in [0.15, 0.2) is 28.8 Å². The van der Waals surface area contributed by atoms with E-state index in [2.05, 4.69) is 31.0 Å². The molecule has 1 aromatic carbocycles. The van der Waals surface area contributed by atoms with Crippen LogP contribution in [-0.2, 0) is 24.2 Å². The van der Waals surface area contributed by atoms with Gasteiger partial charge in [0.25, 0.3) is 5.91 Å². The zero-order chi connectivity index (χ0) is 24.1. The number of para-hydroxylation sites is 1. The van der Waals surface area contributed by atoms with Crippen molar-refractivity contribution in [1.29, 1.82) is 0 Å². The van der Waals surface area contributed by atoms with Crippen molar-refractivity contribution in [2.75, 3.05) is 38.1 Å². The van der Waals surface area contributed by atoms with Gasteiger partial charge >= 0.3 is 0 Å². The number of fused-ring (bicyclic) bond motifs is 2. The molecule has 184 valence electrons. The first-order chi connectivity index (χ1) is 16.4. The van der Waals surface area contributed by atoms with Crippen LogP contribution in [0.25, 0.3) is 0 Å². The van der Waals surface area contributed by atoms with Crippen LogP contribution < -0.4 is 4.90 Å². The molecule has 0 atom stereocenters. The molecule has 2 heterocycles. The fourth-order valence-corrected chi connectivity index (χ4v) is 4.99. The lowest BCUT2D eigenvalue weighted by Gasteiger charge is -2.28. The third-order valence-electron chi connectivity index (χ3n) is 6.89. The number of likely N-dealkylation sites (N-methyl/N-ethyl adjacent to an activating group) is 1. The van der Waals surface area contributed by atoms with E-state index in [9.17, 15) is 9.59 Å². The number of rotatable bonds is 3. The number of hydrogen-bond acceptors (Lipinski definition) is 5. The molecule has 0 saturated carbocycles. The van der Waals surface area contributed by atoms with Crippen LogP contribution in [-0.4, -0.2) is 60.0 Å². The molecule has 0 saturated heterocycles. The van der Waals surface area contributed by atoms with Gasteiger partial charge in [0.1, 0.15) is 5.76 Å². The second-order valence-corrected chi connectivity index (χ2v) is 10.1. The molecular formula is C27H38N4O3. The average Bonchev–Trinajstić information content (AvgIpc) is 3.05. The van der Waals surface area contributed by atoms with E-state index in [4.69, 9.17) is 4.52 Å². The molecule has 2 aliphatic rings. The van der Waals surface area contributed by atoms with E-state index >= 15 is 0 Å². The van der Waals surface area contributed by atoms with Gasteiger partial charge in [0, 0.05) is 50.3 Å². The minimum atomic E-state index is -0.0746. The molecule has 0 spiro atoms. The summed E-state index contributed by atoms with van der Waals surface area (Å²) in [6.45, 7) is 7.51. The summed E-state index contributed by atoms with van der Waals surface area (Å²) in [5.41, 5.74) is 3.37. The van der Waals surface area contributed by atoms with Crippen LogP contribution in [0.5, 0.6) is 0 Å². The summed E-state index contributed by atoms with van der Waals surface area (Å²) in [6, 6.07) is 8.01. The normalized spacial score (nSPS) is 18.1. The van der Waals surface area contributed by atoms with Crippen LogP contribution in [0.2, 0.25) is 0 Å². The number of aryl methyl sites for hydroxylation is 1. The van der Waals surface area contributed by atoms with Crippen molar-refractivity contribution in [3.05, 3.63) is 46.8 Å². The predicted octanol–water partition coefficient (Wildman–Crippen LogP) is 4.30. The van der Waals surface area contributed by atoms with Gasteiger partial charge in [-0.3, -0.25) is 9.59 Å². The van der Waals surface area contributed by atoms with E-state index in [-0.39, 0.29) is 11.8 Å². The van der Waals surface area contributed by atoms with Crippen molar-refractivity contribution in [1.82, 2.24) is 15.0 Å². The first-order valence-corrected chi connectivity index (χ1v) is 12.8. The molecule has 0 radical (unpaired) electrons. The van der Waals surface area contributed by atoms with Crippen LogP contribution >= 0.6 is 0 Å². The van der Waals surface area contributed by atoms with Gasteiger partial charge in [-0.25, -0.2) is 0 Å². The van der Waals surface area contributed by atoms with Gasteiger partial charge < -0.3 is 19.2 Å². The summed E-state index contributed by atoms with van der Waals surface area (Å²) < 4.78 is 5.61. The van der Waals surface area contributed by atoms with Gasteiger partial charge in [-0.2, -0.15) is 0 Å². The zero-order valence-electron chi connectivity index (χ0n) is 20.9. The highest BCUT2D eigenvalue weighted by atomic mass is 16.5. The van der Waals surface area contributed by atoms with Crippen molar-refractivity contribution in [3.8, 4) is 0 Å². The molecule has 0 fully saturated rings.